The Kier molecular flexibility index (Phi) is 27.3. The fraction of sp³-hybridized carbons (Fsp3) is 0.816. The van der Waals surface area contributed by atoms with Gasteiger partial charge in [-0.05, 0) is 82.5 Å². The van der Waals surface area contributed by atoms with Gasteiger partial charge in [0.25, 0.3) is 0 Å². The molecule has 0 saturated heterocycles. The molecule has 0 heterocycles. The van der Waals surface area contributed by atoms with E-state index in [-0.39, 0.29) is 11.5 Å². The van der Waals surface area contributed by atoms with Crippen LogP contribution in [0, 0.1) is 23.7 Å². The average molecular weight is 769 g/mol. The molecular weight excluding hydrogens is 685 g/mol. The molecule has 0 unspecified atom stereocenters. The van der Waals surface area contributed by atoms with Gasteiger partial charge in [-0.25, -0.2) is 14.4 Å². The molecule has 0 aromatic heterocycles. The Labute approximate surface area is 337 Å². The van der Waals surface area contributed by atoms with Crippen molar-refractivity contribution in [3.8, 4) is 0 Å². The van der Waals surface area contributed by atoms with Crippen LogP contribution < -0.4 is 0 Å². The van der Waals surface area contributed by atoms with E-state index in [1.807, 2.05) is 0 Å². The molecule has 4 aliphatic carbocycles. The van der Waals surface area contributed by atoms with Crippen LogP contribution in [-0.4, -0.2) is 34.7 Å². The highest BCUT2D eigenvalue weighted by atomic mass is 16.5. The molecule has 0 aliphatic heterocycles. The van der Waals surface area contributed by atoms with E-state index in [1.165, 1.54) is 205 Å². The van der Waals surface area contributed by atoms with Crippen LogP contribution in [0.15, 0.2) is 35.5 Å². The van der Waals surface area contributed by atoms with Crippen molar-refractivity contribution in [2.24, 2.45) is 23.7 Å². The second-order valence-corrected chi connectivity index (χ2v) is 17.7. The molecule has 0 radical (unpaired) electrons. The van der Waals surface area contributed by atoms with Gasteiger partial charge in [0, 0.05) is 16.7 Å². The van der Waals surface area contributed by atoms with Gasteiger partial charge >= 0.3 is 17.9 Å². The predicted molar refractivity (Wildman–Crippen MR) is 229 cm³/mol. The highest BCUT2D eigenvalue weighted by Gasteiger charge is 2.32. The van der Waals surface area contributed by atoms with Crippen LogP contribution in [-0.2, 0) is 19.1 Å². The van der Waals surface area contributed by atoms with Crippen molar-refractivity contribution in [3.63, 3.8) is 0 Å². The molecule has 4 rings (SSSR count). The largest absolute Gasteiger partial charge is 0.478 e. The van der Waals surface area contributed by atoms with Crippen molar-refractivity contribution in [3.05, 3.63) is 35.5 Å². The molecule has 0 spiro atoms. The van der Waals surface area contributed by atoms with Crippen molar-refractivity contribution < 1.29 is 29.3 Å². The quantitative estimate of drug-likeness (QED) is 0.179. The van der Waals surface area contributed by atoms with Gasteiger partial charge in [-0.15, -0.1) is 0 Å². The van der Waals surface area contributed by atoms with Gasteiger partial charge in [-0.1, -0.05) is 186 Å². The number of esters is 1. The number of rotatable bonds is 9. The highest BCUT2D eigenvalue weighted by molar-refractivity contribution is 5.88. The Hall–Kier alpha value is -2.37. The van der Waals surface area contributed by atoms with E-state index in [9.17, 15) is 19.5 Å². The second-order valence-electron chi connectivity index (χ2n) is 17.7. The van der Waals surface area contributed by atoms with E-state index in [1.54, 1.807) is 6.92 Å². The van der Waals surface area contributed by atoms with E-state index in [0.717, 1.165) is 30.8 Å². The van der Waals surface area contributed by atoms with Gasteiger partial charge < -0.3 is 14.9 Å². The predicted octanol–water partition coefficient (Wildman–Crippen LogP) is 14.5. The summed E-state index contributed by atoms with van der Waals surface area (Å²) in [4.78, 5) is 33.8. The zero-order valence-corrected chi connectivity index (χ0v) is 35.8. The molecule has 0 bridgehead atoms. The van der Waals surface area contributed by atoms with E-state index >= 15 is 0 Å². The number of aliphatic carboxylic acids is 2. The fourth-order valence-electron chi connectivity index (χ4n) is 9.56. The minimum absolute atomic E-state index is 0.176. The van der Waals surface area contributed by atoms with E-state index < -0.39 is 11.9 Å². The van der Waals surface area contributed by atoms with Crippen LogP contribution in [0.3, 0.4) is 0 Å². The molecule has 2 N–H and O–H groups in total. The average Bonchev–Trinajstić information content (AvgIpc) is 3.18. The van der Waals surface area contributed by atoms with Gasteiger partial charge in [0.1, 0.15) is 0 Å². The Morgan fingerprint density at radius 1 is 0.455 bits per heavy atom. The van der Waals surface area contributed by atoms with E-state index in [4.69, 9.17) is 9.84 Å². The molecule has 0 atom stereocenters. The number of ether oxygens (including phenoxy) is 1. The lowest BCUT2D eigenvalue weighted by Gasteiger charge is -2.34. The van der Waals surface area contributed by atoms with Crippen molar-refractivity contribution in [1.29, 1.82) is 0 Å². The van der Waals surface area contributed by atoms with Gasteiger partial charge in [0.2, 0.25) is 0 Å². The Balaban J connectivity index is 0.000000428. The standard InChI is InChI=1S/C33H58O2.C12H20O2.C4H6O2/c34-33(35)32(30-26-20-14-8-3-9-15-21-27-30)31(28-22-16-10-4-1-5-11-17-23-28)29-24-18-12-6-2-7-13-19-25-29;1-10(2)12(13)14-9-8-11-6-4-3-5-7-11;1-3(2)4(5)6/h28-30H,1-27H2,(H,34,35);11H,1,3-9H2,2H3;1H2,2H3,(H,5,6). The minimum atomic E-state index is -0.935. The first-order chi connectivity index (χ1) is 26.6. The van der Waals surface area contributed by atoms with Crippen molar-refractivity contribution in [2.45, 2.75) is 226 Å². The van der Waals surface area contributed by atoms with Crippen LogP contribution in [0.4, 0.5) is 0 Å². The van der Waals surface area contributed by atoms with E-state index in [0.29, 0.717) is 29.9 Å². The maximum absolute atomic E-state index is 13.2. The first-order valence-electron chi connectivity index (χ1n) is 23.3. The molecule has 4 saturated carbocycles. The summed E-state index contributed by atoms with van der Waals surface area (Å²) in [6.45, 7) is 10.4. The lowest BCUT2D eigenvalue weighted by Crippen LogP contribution is -2.25. The number of allylic oxidation sites excluding steroid dienone is 1. The van der Waals surface area contributed by atoms with Gasteiger partial charge in [-0.2, -0.15) is 0 Å². The van der Waals surface area contributed by atoms with Crippen LogP contribution in [0.1, 0.15) is 226 Å². The molecule has 55 heavy (non-hydrogen) atoms. The summed E-state index contributed by atoms with van der Waals surface area (Å²) >= 11 is 0. The van der Waals surface area contributed by atoms with Gasteiger partial charge in [0.15, 0.2) is 0 Å². The molecule has 316 valence electrons. The Morgan fingerprint density at radius 3 is 1.05 bits per heavy atom. The van der Waals surface area contributed by atoms with Crippen molar-refractivity contribution >= 4 is 17.9 Å². The van der Waals surface area contributed by atoms with Crippen molar-refractivity contribution in [2.75, 3.05) is 6.61 Å². The van der Waals surface area contributed by atoms with Crippen LogP contribution >= 0.6 is 0 Å². The summed E-state index contributed by atoms with van der Waals surface area (Å²) in [6.07, 6.45) is 43.0. The lowest BCUT2D eigenvalue weighted by molar-refractivity contribution is -0.139. The first-order valence-corrected chi connectivity index (χ1v) is 23.3. The molecule has 0 aromatic carbocycles. The molecule has 0 aromatic rings. The minimum Gasteiger partial charge on any atom is -0.478 e. The van der Waals surface area contributed by atoms with Crippen LogP contribution in [0.2, 0.25) is 0 Å². The monoisotopic (exact) mass is 769 g/mol. The third-order valence-corrected chi connectivity index (χ3v) is 12.8. The number of carboxylic acid groups (broad SMARTS) is 2. The molecule has 4 aliphatic rings. The maximum Gasteiger partial charge on any atom is 0.333 e. The van der Waals surface area contributed by atoms with Crippen LogP contribution in [0.25, 0.3) is 0 Å². The topological polar surface area (TPSA) is 101 Å². The second kappa shape index (κ2) is 30.7. The van der Waals surface area contributed by atoms with Gasteiger partial charge in [0.05, 0.1) is 6.61 Å². The summed E-state index contributed by atoms with van der Waals surface area (Å²) in [5, 5.41) is 18.7. The van der Waals surface area contributed by atoms with Crippen LogP contribution in [0.5, 0.6) is 0 Å². The SMILES string of the molecule is C=C(C)C(=O)O.C=C(C)C(=O)OCCC1CCCCC1.O=C(O)C(=C(C1CCCCCCCCC1)C1CCCCCCCCC1)C1CCCCCCCCC1. The number of carbonyl (C=O) groups excluding carboxylic acids is 1. The lowest BCUT2D eigenvalue weighted by atomic mass is 9.71. The molecular formula is C49H84O6. The summed E-state index contributed by atoms with van der Waals surface area (Å²) in [7, 11) is 0. The number of hydrogen-bond acceptors (Lipinski definition) is 4. The third kappa shape index (κ3) is 22.2. The summed E-state index contributed by atoms with van der Waals surface area (Å²) < 4.78 is 5.07. The molecule has 6 nitrogen and oxygen atoms in total. The Bertz CT molecular complexity index is 1060. The van der Waals surface area contributed by atoms with Gasteiger partial charge in [-0.3, -0.25) is 0 Å². The number of hydrogen-bond donors (Lipinski definition) is 2. The first kappa shape index (κ1) is 48.8. The Morgan fingerprint density at radius 2 is 0.745 bits per heavy atom. The van der Waals surface area contributed by atoms with E-state index in [2.05, 4.69) is 13.2 Å². The zero-order valence-electron chi connectivity index (χ0n) is 35.8. The smallest absolute Gasteiger partial charge is 0.333 e. The maximum atomic E-state index is 13.2. The summed E-state index contributed by atoms with van der Waals surface area (Å²) in [5.74, 6) is 0.408. The molecule has 0 amide bonds. The fourth-order valence-corrected chi connectivity index (χ4v) is 9.56. The third-order valence-electron chi connectivity index (χ3n) is 12.8. The summed E-state index contributed by atoms with van der Waals surface area (Å²) in [6, 6.07) is 0. The number of carbonyl (C=O) groups is 3. The zero-order chi connectivity index (χ0) is 40.1. The highest BCUT2D eigenvalue weighted by Crippen LogP contribution is 2.42. The number of carboxylic acids is 2. The summed E-state index contributed by atoms with van der Waals surface area (Å²) in [5.41, 5.74) is 3.10. The molecule has 4 fully saturated rings. The normalized spacial score (nSPS) is 21.1. The van der Waals surface area contributed by atoms with Crippen molar-refractivity contribution in [1.82, 2.24) is 0 Å². The molecule has 6 heteroatoms.